The first-order valence-electron chi connectivity index (χ1n) is 8.74. The van der Waals surface area contributed by atoms with Crippen molar-refractivity contribution in [3.8, 4) is 5.75 Å². The SMILES string of the molecule is CN=C(NCC(C)Oc1ccc(Cl)cc1)NC1CCN(C(=O)OC)CC1.I. The van der Waals surface area contributed by atoms with Crippen LogP contribution in [0, 0.1) is 0 Å². The molecule has 152 valence electrons. The van der Waals surface area contributed by atoms with Crippen LogP contribution in [0.25, 0.3) is 0 Å². The molecular weight excluding hydrogens is 483 g/mol. The summed E-state index contributed by atoms with van der Waals surface area (Å²) in [7, 11) is 3.15. The van der Waals surface area contributed by atoms with Crippen molar-refractivity contribution >= 4 is 47.6 Å². The van der Waals surface area contributed by atoms with Gasteiger partial charge in [-0.15, -0.1) is 24.0 Å². The number of likely N-dealkylation sites (tertiary alicyclic amines) is 1. The molecule has 1 saturated heterocycles. The number of piperidine rings is 1. The maximum Gasteiger partial charge on any atom is 0.409 e. The minimum atomic E-state index is -0.265. The number of carbonyl (C=O) groups excluding carboxylic acids is 1. The number of nitrogens with zero attached hydrogens (tertiary/aromatic N) is 2. The Balaban J connectivity index is 0.00000364. The van der Waals surface area contributed by atoms with E-state index in [9.17, 15) is 4.79 Å². The average Bonchev–Trinajstić information content (AvgIpc) is 2.66. The summed E-state index contributed by atoms with van der Waals surface area (Å²) < 4.78 is 10.6. The maximum atomic E-state index is 11.5. The van der Waals surface area contributed by atoms with Gasteiger partial charge in [-0.05, 0) is 44.0 Å². The van der Waals surface area contributed by atoms with E-state index in [-0.39, 0.29) is 42.2 Å². The van der Waals surface area contributed by atoms with Gasteiger partial charge in [0.25, 0.3) is 0 Å². The second-order valence-electron chi connectivity index (χ2n) is 6.21. The molecule has 1 aliphatic rings. The number of hydrogen-bond acceptors (Lipinski definition) is 4. The van der Waals surface area contributed by atoms with Crippen LogP contribution in [0.2, 0.25) is 5.02 Å². The zero-order chi connectivity index (χ0) is 18.9. The van der Waals surface area contributed by atoms with Crippen LogP contribution in [0.5, 0.6) is 5.75 Å². The number of carbonyl (C=O) groups is 1. The summed E-state index contributed by atoms with van der Waals surface area (Å²) in [4.78, 5) is 17.5. The summed E-state index contributed by atoms with van der Waals surface area (Å²) in [5.74, 6) is 1.51. The van der Waals surface area contributed by atoms with Gasteiger partial charge in [-0.25, -0.2) is 4.79 Å². The van der Waals surface area contributed by atoms with E-state index in [0.717, 1.165) is 24.6 Å². The Morgan fingerprint density at radius 2 is 1.96 bits per heavy atom. The summed E-state index contributed by atoms with van der Waals surface area (Å²) in [5, 5.41) is 7.36. The molecule has 0 saturated carbocycles. The lowest BCUT2D eigenvalue weighted by Gasteiger charge is -2.32. The van der Waals surface area contributed by atoms with Crippen molar-refractivity contribution < 1.29 is 14.3 Å². The molecule has 1 fully saturated rings. The normalized spacial score (nSPS) is 16.1. The zero-order valence-electron chi connectivity index (χ0n) is 15.9. The van der Waals surface area contributed by atoms with E-state index in [4.69, 9.17) is 21.1 Å². The molecule has 1 aliphatic heterocycles. The van der Waals surface area contributed by atoms with Crippen LogP contribution in [-0.2, 0) is 4.74 Å². The third kappa shape index (κ3) is 8.00. The van der Waals surface area contributed by atoms with Gasteiger partial charge < -0.3 is 25.0 Å². The van der Waals surface area contributed by atoms with Crippen LogP contribution in [0.15, 0.2) is 29.3 Å². The molecule has 1 aromatic carbocycles. The van der Waals surface area contributed by atoms with Crippen molar-refractivity contribution in [1.29, 1.82) is 0 Å². The Morgan fingerprint density at radius 3 is 2.52 bits per heavy atom. The van der Waals surface area contributed by atoms with E-state index < -0.39 is 0 Å². The average molecular weight is 511 g/mol. The Bertz CT molecular complexity index is 607. The van der Waals surface area contributed by atoms with Crippen molar-refractivity contribution in [2.45, 2.75) is 31.9 Å². The molecule has 0 aliphatic carbocycles. The molecule has 0 aromatic heterocycles. The van der Waals surface area contributed by atoms with Gasteiger partial charge in [0.05, 0.1) is 13.7 Å². The number of ether oxygens (including phenoxy) is 2. The summed E-state index contributed by atoms with van der Waals surface area (Å²) in [6.07, 6.45) is 1.41. The molecule has 0 spiro atoms. The number of nitrogens with one attached hydrogen (secondary N) is 2. The summed E-state index contributed by atoms with van der Waals surface area (Å²) in [5.41, 5.74) is 0. The molecule has 2 rings (SSSR count). The van der Waals surface area contributed by atoms with Crippen molar-refractivity contribution in [2.24, 2.45) is 4.99 Å². The molecule has 1 atom stereocenters. The highest BCUT2D eigenvalue weighted by Gasteiger charge is 2.23. The molecule has 9 heteroatoms. The smallest absolute Gasteiger partial charge is 0.409 e. The second kappa shape index (κ2) is 12.1. The topological polar surface area (TPSA) is 75.2 Å². The Hall–Kier alpha value is -1.42. The van der Waals surface area contributed by atoms with Crippen LogP contribution >= 0.6 is 35.6 Å². The lowest BCUT2D eigenvalue weighted by molar-refractivity contribution is 0.111. The van der Waals surface area contributed by atoms with Gasteiger partial charge in [-0.2, -0.15) is 0 Å². The van der Waals surface area contributed by atoms with E-state index in [2.05, 4.69) is 15.6 Å². The molecule has 7 nitrogen and oxygen atoms in total. The van der Waals surface area contributed by atoms with Crippen LogP contribution < -0.4 is 15.4 Å². The number of methoxy groups -OCH3 is 1. The third-order valence-electron chi connectivity index (χ3n) is 4.20. The highest BCUT2D eigenvalue weighted by Crippen LogP contribution is 2.16. The lowest BCUT2D eigenvalue weighted by Crippen LogP contribution is -2.50. The van der Waals surface area contributed by atoms with Crippen molar-refractivity contribution in [2.75, 3.05) is 33.8 Å². The summed E-state index contributed by atoms with van der Waals surface area (Å²) in [6.45, 7) is 3.96. The number of benzene rings is 1. The molecule has 1 heterocycles. The molecule has 1 aromatic rings. The van der Waals surface area contributed by atoms with Gasteiger partial charge in [0.2, 0.25) is 0 Å². The molecule has 2 N–H and O–H groups in total. The van der Waals surface area contributed by atoms with Crippen LogP contribution in [-0.4, -0.2) is 62.9 Å². The second-order valence-corrected chi connectivity index (χ2v) is 6.65. The van der Waals surface area contributed by atoms with Gasteiger partial charge in [0, 0.05) is 31.2 Å². The quantitative estimate of drug-likeness (QED) is 0.362. The highest BCUT2D eigenvalue weighted by molar-refractivity contribution is 14.0. The Labute approximate surface area is 182 Å². The minimum absolute atomic E-state index is 0. The molecule has 0 radical (unpaired) electrons. The first kappa shape index (κ1) is 23.6. The number of rotatable bonds is 5. The largest absolute Gasteiger partial charge is 0.489 e. The fraction of sp³-hybridized carbons (Fsp3) is 0.556. The number of halogens is 2. The van der Waals surface area contributed by atoms with Crippen LogP contribution in [0.4, 0.5) is 4.79 Å². The predicted octanol–water partition coefficient (Wildman–Crippen LogP) is 3.12. The van der Waals surface area contributed by atoms with Crippen molar-refractivity contribution in [3.63, 3.8) is 0 Å². The van der Waals surface area contributed by atoms with Crippen LogP contribution in [0.3, 0.4) is 0 Å². The van der Waals surface area contributed by atoms with E-state index in [0.29, 0.717) is 24.7 Å². The first-order chi connectivity index (χ1) is 12.5. The summed E-state index contributed by atoms with van der Waals surface area (Å²) in [6, 6.07) is 7.58. The molecular formula is C18H28ClIN4O3. The van der Waals surface area contributed by atoms with Gasteiger partial charge in [-0.3, -0.25) is 4.99 Å². The minimum Gasteiger partial charge on any atom is -0.489 e. The standard InChI is InChI=1S/C18H27ClN4O3.HI/c1-13(26-16-6-4-14(19)5-7-16)12-21-17(20-2)22-15-8-10-23(11-9-15)18(24)25-3;/h4-7,13,15H,8-12H2,1-3H3,(H2,20,21,22);1H. The van der Waals surface area contributed by atoms with Gasteiger partial charge in [-0.1, -0.05) is 11.6 Å². The molecule has 1 amide bonds. The molecule has 1 unspecified atom stereocenters. The number of aliphatic imine (C=N–C) groups is 1. The van der Waals surface area contributed by atoms with Crippen molar-refractivity contribution in [3.05, 3.63) is 29.3 Å². The van der Waals surface area contributed by atoms with E-state index in [1.165, 1.54) is 7.11 Å². The van der Waals surface area contributed by atoms with E-state index in [1.54, 1.807) is 24.1 Å². The predicted molar refractivity (Wildman–Crippen MR) is 118 cm³/mol. The van der Waals surface area contributed by atoms with Crippen LogP contribution in [0.1, 0.15) is 19.8 Å². The monoisotopic (exact) mass is 510 g/mol. The van der Waals surface area contributed by atoms with E-state index in [1.807, 2.05) is 19.1 Å². The maximum absolute atomic E-state index is 11.5. The fourth-order valence-corrected chi connectivity index (χ4v) is 2.88. The highest BCUT2D eigenvalue weighted by atomic mass is 127. The van der Waals surface area contributed by atoms with Gasteiger partial charge in [0.15, 0.2) is 5.96 Å². The number of amides is 1. The first-order valence-corrected chi connectivity index (χ1v) is 9.12. The Morgan fingerprint density at radius 1 is 1.33 bits per heavy atom. The Kier molecular flexibility index (Phi) is 10.6. The van der Waals surface area contributed by atoms with Gasteiger partial charge in [0.1, 0.15) is 11.9 Å². The number of guanidine groups is 1. The molecule has 0 bridgehead atoms. The van der Waals surface area contributed by atoms with Crippen molar-refractivity contribution in [1.82, 2.24) is 15.5 Å². The van der Waals surface area contributed by atoms with Gasteiger partial charge >= 0.3 is 6.09 Å². The molecule has 27 heavy (non-hydrogen) atoms. The number of hydrogen-bond donors (Lipinski definition) is 2. The summed E-state index contributed by atoms with van der Waals surface area (Å²) >= 11 is 5.88. The van der Waals surface area contributed by atoms with E-state index >= 15 is 0 Å². The fourth-order valence-electron chi connectivity index (χ4n) is 2.75. The zero-order valence-corrected chi connectivity index (χ0v) is 19.0. The lowest BCUT2D eigenvalue weighted by atomic mass is 10.1. The third-order valence-corrected chi connectivity index (χ3v) is 4.45.